The van der Waals surface area contributed by atoms with Crippen molar-refractivity contribution in [3.63, 3.8) is 0 Å². The number of fused-ring (bicyclic) bond motifs is 3. The molecule has 1 N–H and O–H groups in total. The van der Waals surface area contributed by atoms with E-state index >= 15 is 0 Å². The van der Waals surface area contributed by atoms with Crippen molar-refractivity contribution < 1.29 is 9.90 Å². The van der Waals surface area contributed by atoms with Crippen LogP contribution >= 0.6 is 0 Å². The van der Waals surface area contributed by atoms with Gasteiger partial charge in [0, 0.05) is 32.7 Å². The van der Waals surface area contributed by atoms with Gasteiger partial charge < -0.3 is 10.0 Å². The summed E-state index contributed by atoms with van der Waals surface area (Å²) in [5.41, 5.74) is 6.87. The van der Waals surface area contributed by atoms with Crippen LogP contribution in [0.2, 0.25) is 0 Å². The number of carboxylic acid groups (broad SMARTS) is 1. The number of piperazine rings is 1. The van der Waals surface area contributed by atoms with Crippen LogP contribution in [-0.2, 0) is 13.0 Å². The highest BCUT2D eigenvalue weighted by atomic mass is 16.4. The lowest BCUT2D eigenvalue weighted by molar-refractivity contribution is 0.103. The van der Waals surface area contributed by atoms with Crippen LogP contribution in [0, 0.1) is 0 Å². The number of amides is 1. The third-order valence-corrected chi connectivity index (χ3v) is 4.91. The van der Waals surface area contributed by atoms with Crippen molar-refractivity contribution in [3.8, 4) is 11.1 Å². The maximum absolute atomic E-state index is 11.0. The number of benzene rings is 2. The molecule has 0 unspecified atom stereocenters. The quantitative estimate of drug-likeness (QED) is 0.791. The Kier molecular flexibility index (Phi) is 3.54. The lowest BCUT2D eigenvalue weighted by Gasteiger charge is -2.33. The van der Waals surface area contributed by atoms with E-state index in [1.54, 1.807) is 0 Å². The molecular weight excluding hydrogens is 288 g/mol. The van der Waals surface area contributed by atoms with E-state index in [9.17, 15) is 4.79 Å². The van der Waals surface area contributed by atoms with Crippen LogP contribution in [-0.4, -0.2) is 47.2 Å². The molecule has 1 fully saturated rings. The Hall–Kier alpha value is -2.33. The Labute approximate surface area is 136 Å². The largest absolute Gasteiger partial charge is 0.465 e. The Balaban J connectivity index is 1.46. The molecule has 2 aliphatic rings. The van der Waals surface area contributed by atoms with Crippen LogP contribution in [0.3, 0.4) is 0 Å². The van der Waals surface area contributed by atoms with Gasteiger partial charge in [0.25, 0.3) is 0 Å². The summed E-state index contributed by atoms with van der Waals surface area (Å²) in [6.45, 7) is 3.72. The molecule has 118 valence electrons. The van der Waals surface area contributed by atoms with Gasteiger partial charge in [0.1, 0.15) is 0 Å². The highest BCUT2D eigenvalue weighted by Crippen LogP contribution is 2.36. The Morgan fingerprint density at radius 1 is 0.957 bits per heavy atom. The minimum absolute atomic E-state index is 0.603. The van der Waals surface area contributed by atoms with E-state index in [4.69, 9.17) is 5.11 Å². The molecule has 4 rings (SSSR count). The Morgan fingerprint density at radius 2 is 1.70 bits per heavy atom. The van der Waals surface area contributed by atoms with Crippen LogP contribution in [0.25, 0.3) is 11.1 Å². The predicted octanol–water partition coefficient (Wildman–Crippen LogP) is 3.05. The van der Waals surface area contributed by atoms with Crippen molar-refractivity contribution in [2.24, 2.45) is 0 Å². The van der Waals surface area contributed by atoms with Crippen molar-refractivity contribution in [2.75, 3.05) is 26.2 Å². The Bertz CT molecular complexity index is 749. The third kappa shape index (κ3) is 2.70. The summed E-state index contributed by atoms with van der Waals surface area (Å²) in [6, 6.07) is 15.4. The van der Waals surface area contributed by atoms with Gasteiger partial charge >= 0.3 is 6.09 Å². The molecule has 0 spiro atoms. The molecule has 4 heteroatoms. The first-order chi connectivity index (χ1) is 11.2. The number of hydrogen-bond acceptors (Lipinski definition) is 2. The van der Waals surface area contributed by atoms with Crippen LogP contribution in [0.5, 0.6) is 0 Å². The van der Waals surface area contributed by atoms with E-state index < -0.39 is 6.09 Å². The molecule has 1 aliphatic carbocycles. The molecule has 0 atom stereocenters. The summed E-state index contributed by atoms with van der Waals surface area (Å²) in [5, 5.41) is 9.01. The smallest absolute Gasteiger partial charge is 0.407 e. The van der Waals surface area contributed by atoms with Gasteiger partial charge in [-0.1, -0.05) is 42.5 Å². The number of nitrogens with zero attached hydrogens (tertiary/aromatic N) is 2. The molecule has 0 saturated carbocycles. The normalized spacial score (nSPS) is 17.0. The van der Waals surface area contributed by atoms with Crippen LogP contribution in [0.1, 0.15) is 16.7 Å². The van der Waals surface area contributed by atoms with Crippen molar-refractivity contribution in [1.82, 2.24) is 9.80 Å². The highest BCUT2D eigenvalue weighted by molar-refractivity contribution is 5.76. The molecule has 1 heterocycles. The standard InChI is InChI=1S/C19H20N2O2/c22-19(23)21-9-7-20(8-10-21)13-14-5-6-18-16(11-14)12-15-3-1-2-4-17(15)18/h1-6,11H,7-10,12-13H2,(H,22,23). The fourth-order valence-electron chi connectivity index (χ4n) is 3.65. The summed E-state index contributed by atoms with van der Waals surface area (Å²) in [6.07, 6.45) is 0.214. The van der Waals surface area contributed by atoms with E-state index in [1.807, 2.05) is 0 Å². The Morgan fingerprint density at radius 3 is 2.48 bits per heavy atom. The van der Waals surface area contributed by atoms with Gasteiger partial charge in [0.05, 0.1) is 0 Å². The topological polar surface area (TPSA) is 43.8 Å². The molecular formula is C19H20N2O2. The lowest BCUT2D eigenvalue weighted by atomic mass is 10.0. The zero-order valence-electron chi connectivity index (χ0n) is 13.0. The fourth-order valence-corrected chi connectivity index (χ4v) is 3.65. The second kappa shape index (κ2) is 5.70. The summed E-state index contributed by atoms with van der Waals surface area (Å²) < 4.78 is 0. The van der Waals surface area contributed by atoms with E-state index in [0.29, 0.717) is 13.1 Å². The van der Waals surface area contributed by atoms with Crippen LogP contribution < -0.4 is 0 Å². The zero-order valence-corrected chi connectivity index (χ0v) is 13.0. The summed E-state index contributed by atoms with van der Waals surface area (Å²) in [5.74, 6) is 0. The van der Waals surface area contributed by atoms with Gasteiger partial charge in [-0.05, 0) is 34.2 Å². The number of carbonyl (C=O) groups is 1. The minimum atomic E-state index is -0.806. The second-order valence-corrected chi connectivity index (χ2v) is 6.37. The van der Waals surface area contributed by atoms with E-state index in [2.05, 4.69) is 47.4 Å². The monoisotopic (exact) mass is 308 g/mol. The van der Waals surface area contributed by atoms with Gasteiger partial charge in [-0.25, -0.2) is 4.79 Å². The first-order valence-electron chi connectivity index (χ1n) is 8.11. The molecule has 0 radical (unpaired) electrons. The van der Waals surface area contributed by atoms with Crippen molar-refractivity contribution in [2.45, 2.75) is 13.0 Å². The molecule has 2 aromatic rings. The average molecular weight is 308 g/mol. The SMILES string of the molecule is O=C(O)N1CCN(Cc2ccc3c(c2)Cc2ccccc2-3)CC1. The average Bonchev–Trinajstić information content (AvgIpc) is 2.93. The lowest BCUT2D eigenvalue weighted by Crippen LogP contribution is -2.47. The van der Waals surface area contributed by atoms with Gasteiger partial charge in [0.15, 0.2) is 0 Å². The first kappa shape index (κ1) is 14.3. The number of rotatable bonds is 2. The fraction of sp³-hybridized carbons (Fsp3) is 0.316. The summed E-state index contributed by atoms with van der Waals surface area (Å²) >= 11 is 0. The van der Waals surface area contributed by atoms with Gasteiger partial charge in [-0.2, -0.15) is 0 Å². The van der Waals surface area contributed by atoms with Gasteiger partial charge in [-0.15, -0.1) is 0 Å². The molecule has 1 amide bonds. The maximum Gasteiger partial charge on any atom is 0.407 e. The van der Waals surface area contributed by atoms with Crippen molar-refractivity contribution >= 4 is 6.09 Å². The third-order valence-electron chi connectivity index (χ3n) is 4.91. The molecule has 23 heavy (non-hydrogen) atoms. The molecule has 2 aromatic carbocycles. The van der Waals surface area contributed by atoms with Gasteiger partial charge in [0.2, 0.25) is 0 Å². The first-order valence-corrected chi connectivity index (χ1v) is 8.11. The molecule has 0 aromatic heterocycles. The molecule has 4 nitrogen and oxygen atoms in total. The van der Waals surface area contributed by atoms with Crippen LogP contribution in [0.4, 0.5) is 4.79 Å². The summed E-state index contributed by atoms with van der Waals surface area (Å²) in [7, 11) is 0. The zero-order chi connectivity index (χ0) is 15.8. The van der Waals surface area contributed by atoms with Crippen LogP contribution in [0.15, 0.2) is 42.5 Å². The molecule has 1 saturated heterocycles. The molecule has 0 bridgehead atoms. The van der Waals surface area contributed by atoms with Crippen molar-refractivity contribution in [3.05, 3.63) is 59.2 Å². The van der Waals surface area contributed by atoms with Crippen molar-refractivity contribution in [1.29, 1.82) is 0 Å². The summed E-state index contributed by atoms with van der Waals surface area (Å²) in [4.78, 5) is 14.8. The highest BCUT2D eigenvalue weighted by Gasteiger charge is 2.21. The second-order valence-electron chi connectivity index (χ2n) is 6.37. The maximum atomic E-state index is 11.0. The van der Waals surface area contributed by atoms with E-state index in [-0.39, 0.29) is 0 Å². The minimum Gasteiger partial charge on any atom is -0.465 e. The van der Waals surface area contributed by atoms with E-state index in [0.717, 1.165) is 26.1 Å². The van der Waals surface area contributed by atoms with Gasteiger partial charge in [-0.3, -0.25) is 4.90 Å². The predicted molar refractivity (Wildman–Crippen MR) is 89.6 cm³/mol. The van der Waals surface area contributed by atoms with E-state index in [1.165, 1.54) is 32.7 Å². The number of hydrogen-bond donors (Lipinski definition) is 1. The molecule has 1 aliphatic heterocycles.